The predicted molar refractivity (Wildman–Crippen MR) is 72.3 cm³/mol. The smallest absolute Gasteiger partial charge is 0.247 e. The summed E-state index contributed by atoms with van der Waals surface area (Å²) in [6.45, 7) is 0.687. The van der Waals surface area contributed by atoms with Gasteiger partial charge in [0.1, 0.15) is 10.9 Å². The number of rotatable bonds is 2. The third-order valence-electron chi connectivity index (χ3n) is 2.98. The lowest BCUT2D eigenvalue weighted by atomic mass is 10.2. The second kappa shape index (κ2) is 5.24. The second-order valence-corrected chi connectivity index (χ2v) is 6.72. The van der Waals surface area contributed by atoms with Crippen molar-refractivity contribution in [1.82, 2.24) is 9.62 Å². The normalized spacial score (nSPS) is 20.4. The Morgan fingerprint density at radius 3 is 2.67 bits per heavy atom. The number of hydrogen-bond donors (Lipinski definition) is 2. The maximum absolute atomic E-state index is 14.0. The van der Waals surface area contributed by atoms with Crippen LogP contribution < -0.4 is 11.1 Å². The number of nitrogen functional groups attached to an aromatic ring is 1. The van der Waals surface area contributed by atoms with Crippen molar-refractivity contribution in [3.05, 3.63) is 23.0 Å². The standard InChI is InChI=1S/C11H11ClFN3O4S/c1-5-11(18)15-9(17)4-16(5)21(19,20)8-3-6(14)2-7(12)10(8)13/h2-3,5H,4,14H2,1H3,(H,15,17,18). The Bertz CT molecular complexity index is 737. The van der Waals surface area contributed by atoms with Crippen LogP contribution in [0.5, 0.6) is 0 Å². The van der Waals surface area contributed by atoms with E-state index >= 15 is 0 Å². The van der Waals surface area contributed by atoms with Crippen LogP contribution in [0.15, 0.2) is 17.0 Å². The maximum Gasteiger partial charge on any atom is 0.247 e. The summed E-state index contributed by atoms with van der Waals surface area (Å²) in [5, 5.41) is 1.53. The molecule has 1 aromatic carbocycles. The highest BCUT2D eigenvalue weighted by Gasteiger charge is 2.40. The molecule has 21 heavy (non-hydrogen) atoms. The lowest BCUT2D eigenvalue weighted by Gasteiger charge is -2.30. The number of nitrogens with two attached hydrogens (primary N) is 1. The predicted octanol–water partition coefficient (Wildman–Crippen LogP) is 0.0969. The molecule has 3 N–H and O–H groups in total. The Morgan fingerprint density at radius 1 is 1.43 bits per heavy atom. The van der Waals surface area contributed by atoms with Gasteiger partial charge in [-0.1, -0.05) is 11.6 Å². The van der Waals surface area contributed by atoms with Crippen molar-refractivity contribution >= 4 is 39.1 Å². The van der Waals surface area contributed by atoms with Crippen LogP contribution in [0.1, 0.15) is 6.92 Å². The van der Waals surface area contributed by atoms with Crippen molar-refractivity contribution in [1.29, 1.82) is 0 Å². The first-order valence-corrected chi connectivity index (χ1v) is 7.56. The van der Waals surface area contributed by atoms with E-state index in [1.165, 1.54) is 6.92 Å². The first-order valence-electron chi connectivity index (χ1n) is 5.74. The van der Waals surface area contributed by atoms with Gasteiger partial charge in [0.25, 0.3) is 0 Å². The molecule has 0 aliphatic carbocycles. The number of benzene rings is 1. The van der Waals surface area contributed by atoms with Gasteiger partial charge in [0.2, 0.25) is 21.8 Å². The molecule has 1 saturated heterocycles. The fraction of sp³-hybridized carbons (Fsp3) is 0.273. The average Bonchev–Trinajstić information content (AvgIpc) is 2.37. The first-order chi connectivity index (χ1) is 9.64. The van der Waals surface area contributed by atoms with E-state index in [0.29, 0.717) is 4.31 Å². The fourth-order valence-corrected chi connectivity index (χ4v) is 3.84. The van der Waals surface area contributed by atoms with Gasteiger partial charge in [-0.3, -0.25) is 14.9 Å². The second-order valence-electron chi connectivity index (χ2n) is 4.45. The Kier molecular flexibility index (Phi) is 3.91. The van der Waals surface area contributed by atoms with E-state index in [1.807, 2.05) is 5.32 Å². The lowest BCUT2D eigenvalue weighted by molar-refractivity contribution is -0.136. The molecule has 0 bridgehead atoms. The van der Waals surface area contributed by atoms with E-state index in [1.54, 1.807) is 0 Å². The number of amides is 2. The topological polar surface area (TPSA) is 110 Å². The molecule has 1 unspecified atom stereocenters. The number of hydrogen-bond acceptors (Lipinski definition) is 5. The third kappa shape index (κ3) is 2.71. The van der Waals surface area contributed by atoms with Crippen LogP contribution in [0, 0.1) is 5.82 Å². The number of carbonyl (C=O) groups is 2. The number of halogens is 2. The van der Waals surface area contributed by atoms with Gasteiger partial charge < -0.3 is 5.73 Å². The van der Waals surface area contributed by atoms with Crippen molar-refractivity contribution in [3.8, 4) is 0 Å². The minimum absolute atomic E-state index is 0.0552. The molecular weight excluding hydrogens is 325 g/mol. The first kappa shape index (κ1) is 15.7. The van der Waals surface area contributed by atoms with Gasteiger partial charge in [-0.05, 0) is 19.1 Å². The van der Waals surface area contributed by atoms with Crippen molar-refractivity contribution in [3.63, 3.8) is 0 Å². The zero-order chi connectivity index (χ0) is 15.9. The van der Waals surface area contributed by atoms with Crippen molar-refractivity contribution in [2.75, 3.05) is 12.3 Å². The van der Waals surface area contributed by atoms with Crippen LogP contribution in [0.2, 0.25) is 5.02 Å². The number of imide groups is 1. The van der Waals surface area contributed by atoms with Crippen molar-refractivity contribution < 1.29 is 22.4 Å². The zero-order valence-electron chi connectivity index (χ0n) is 10.8. The maximum atomic E-state index is 14.0. The van der Waals surface area contributed by atoms with Crippen LogP contribution in [-0.4, -0.2) is 37.1 Å². The Morgan fingerprint density at radius 2 is 2.05 bits per heavy atom. The largest absolute Gasteiger partial charge is 0.399 e. The molecule has 0 spiro atoms. The quantitative estimate of drug-likeness (QED) is 0.588. The molecule has 2 rings (SSSR count). The molecule has 0 aromatic heterocycles. The van der Waals surface area contributed by atoms with Gasteiger partial charge >= 0.3 is 0 Å². The summed E-state index contributed by atoms with van der Waals surface area (Å²) < 4.78 is 39.5. The molecule has 10 heteroatoms. The average molecular weight is 336 g/mol. The Balaban J connectivity index is 2.57. The molecule has 1 aliphatic heterocycles. The van der Waals surface area contributed by atoms with Gasteiger partial charge in [-0.25, -0.2) is 12.8 Å². The summed E-state index contributed by atoms with van der Waals surface area (Å²) in [4.78, 5) is 22.1. The molecule has 114 valence electrons. The van der Waals surface area contributed by atoms with Crippen LogP contribution in [0.4, 0.5) is 10.1 Å². The number of carbonyl (C=O) groups excluding carboxylic acids is 2. The van der Waals surface area contributed by atoms with E-state index < -0.39 is 50.2 Å². The summed E-state index contributed by atoms with van der Waals surface area (Å²) in [7, 11) is -4.44. The number of anilines is 1. The number of sulfonamides is 1. The van der Waals surface area contributed by atoms with E-state index in [9.17, 15) is 22.4 Å². The minimum Gasteiger partial charge on any atom is -0.399 e. The molecule has 7 nitrogen and oxygen atoms in total. The molecule has 0 saturated carbocycles. The monoisotopic (exact) mass is 335 g/mol. The number of nitrogens with zero attached hydrogens (tertiary/aromatic N) is 1. The molecule has 1 heterocycles. The van der Waals surface area contributed by atoms with Crippen LogP contribution in [0.25, 0.3) is 0 Å². The summed E-state index contributed by atoms with van der Waals surface area (Å²) in [6.07, 6.45) is 0. The van der Waals surface area contributed by atoms with Gasteiger partial charge in [-0.15, -0.1) is 0 Å². The Hall–Kier alpha value is -1.71. The highest BCUT2D eigenvalue weighted by Crippen LogP contribution is 2.29. The number of nitrogens with one attached hydrogen (secondary N) is 1. The summed E-state index contributed by atoms with van der Waals surface area (Å²) >= 11 is 5.57. The molecule has 1 aliphatic rings. The lowest BCUT2D eigenvalue weighted by Crippen LogP contribution is -2.58. The molecular formula is C11H11ClFN3O4S. The van der Waals surface area contributed by atoms with Gasteiger partial charge in [0.15, 0.2) is 5.82 Å². The molecule has 0 radical (unpaired) electrons. The summed E-state index contributed by atoms with van der Waals surface area (Å²) in [5.41, 5.74) is 5.41. The minimum atomic E-state index is -4.44. The summed E-state index contributed by atoms with van der Waals surface area (Å²) in [5.74, 6) is -2.76. The fourth-order valence-electron chi connectivity index (χ4n) is 1.88. The van der Waals surface area contributed by atoms with E-state index in [2.05, 4.69) is 0 Å². The number of piperazine rings is 1. The SMILES string of the molecule is CC1C(=O)NC(=O)CN1S(=O)(=O)c1cc(N)cc(Cl)c1F. The molecule has 2 amide bonds. The van der Waals surface area contributed by atoms with E-state index in [-0.39, 0.29) is 5.69 Å². The van der Waals surface area contributed by atoms with Crippen LogP contribution in [-0.2, 0) is 19.6 Å². The van der Waals surface area contributed by atoms with E-state index in [4.69, 9.17) is 17.3 Å². The van der Waals surface area contributed by atoms with E-state index in [0.717, 1.165) is 12.1 Å². The van der Waals surface area contributed by atoms with Gasteiger partial charge in [0.05, 0.1) is 11.6 Å². The molecule has 1 fully saturated rings. The van der Waals surface area contributed by atoms with Crippen LogP contribution >= 0.6 is 11.6 Å². The molecule has 1 atom stereocenters. The van der Waals surface area contributed by atoms with Crippen LogP contribution in [0.3, 0.4) is 0 Å². The zero-order valence-corrected chi connectivity index (χ0v) is 12.3. The highest BCUT2D eigenvalue weighted by molar-refractivity contribution is 7.89. The van der Waals surface area contributed by atoms with Crippen molar-refractivity contribution in [2.45, 2.75) is 17.9 Å². The third-order valence-corrected chi connectivity index (χ3v) is 5.17. The molecule has 1 aromatic rings. The Labute approximate surface area is 124 Å². The summed E-state index contributed by atoms with van der Waals surface area (Å²) in [6, 6.07) is 0.792. The van der Waals surface area contributed by atoms with Gasteiger partial charge in [-0.2, -0.15) is 4.31 Å². The highest BCUT2D eigenvalue weighted by atomic mass is 35.5. The van der Waals surface area contributed by atoms with Gasteiger partial charge in [0, 0.05) is 5.69 Å². The van der Waals surface area contributed by atoms with Crippen molar-refractivity contribution in [2.24, 2.45) is 0 Å².